The molecule has 8 heteroatoms. The average molecular weight is 416 g/mol. The molecule has 150 valence electrons. The van der Waals surface area contributed by atoms with Crippen molar-refractivity contribution in [3.05, 3.63) is 65.3 Å². The molecule has 3 aromatic rings. The van der Waals surface area contributed by atoms with E-state index in [-0.39, 0.29) is 5.75 Å². The van der Waals surface area contributed by atoms with Gasteiger partial charge in [-0.15, -0.1) is 17.9 Å². The first-order valence-corrected chi connectivity index (χ1v) is 9.81. The standard InChI is InChI=1S/C21H18F2N2O3S/c1-2-9-25-17(14-3-6-16(7-4-14)28-20(22)23)13-29-21(25)24-15-5-8-18-19(12-15)27-11-10-26-18/h2-8,12-13,20H,1,9-11H2. The van der Waals surface area contributed by atoms with Crippen LogP contribution >= 0.6 is 11.3 Å². The van der Waals surface area contributed by atoms with Gasteiger partial charge in [0.25, 0.3) is 0 Å². The van der Waals surface area contributed by atoms with Crippen LogP contribution in [0.4, 0.5) is 14.5 Å². The van der Waals surface area contributed by atoms with Crippen molar-refractivity contribution in [3.63, 3.8) is 0 Å². The van der Waals surface area contributed by atoms with Crippen molar-refractivity contribution in [2.45, 2.75) is 13.2 Å². The maximum atomic E-state index is 12.4. The Labute approximate surface area is 170 Å². The lowest BCUT2D eigenvalue weighted by Crippen LogP contribution is -2.16. The zero-order valence-corrected chi connectivity index (χ0v) is 16.2. The number of benzene rings is 2. The summed E-state index contributed by atoms with van der Waals surface area (Å²) in [5.41, 5.74) is 2.53. The quantitative estimate of drug-likeness (QED) is 0.531. The van der Waals surface area contributed by atoms with E-state index in [4.69, 9.17) is 14.5 Å². The number of hydrogen-bond donors (Lipinski definition) is 0. The lowest BCUT2D eigenvalue weighted by Gasteiger charge is -2.18. The van der Waals surface area contributed by atoms with Crippen molar-refractivity contribution in [1.82, 2.24) is 4.57 Å². The SMILES string of the molecule is C=CCn1c(-c2ccc(OC(F)F)cc2)csc1=Nc1ccc2c(c1)OCCO2. The first kappa shape index (κ1) is 19.2. The summed E-state index contributed by atoms with van der Waals surface area (Å²) in [5, 5.41) is 1.98. The van der Waals surface area contributed by atoms with Crippen LogP contribution in [0.5, 0.6) is 17.2 Å². The average Bonchev–Trinajstić information content (AvgIpc) is 3.11. The number of allylic oxidation sites excluding steroid dienone is 1. The molecule has 0 bridgehead atoms. The van der Waals surface area contributed by atoms with E-state index in [1.165, 1.54) is 23.5 Å². The normalized spacial score (nSPS) is 13.6. The number of alkyl halides is 2. The van der Waals surface area contributed by atoms with E-state index in [0.717, 1.165) is 21.7 Å². The summed E-state index contributed by atoms with van der Waals surface area (Å²) < 4.78 is 42.3. The van der Waals surface area contributed by atoms with Gasteiger partial charge >= 0.3 is 6.61 Å². The van der Waals surface area contributed by atoms with Crippen molar-refractivity contribution in [2.24, 2.45) is 4.99 Å². The molecule has 2 aromatic carbocycles. The number of aromatic nitrogens is 1. The molecule has 2 heterocycles. The predicted molar refractivity (Wildman–Crippen MR) is 107 cm³/mol. The lowest BCUT2D eigenvalue weighted by molar-refractivity contribution is -0.0498. The van der Waals surface area contributed by atoms with Crippen LogP contribution in [0.3, 0.4) is 0 Å². The fourth-order valence-electron chi connectivity index (χ4n) is 2.97. The van der Waals surface area contributed by atoms with Crippen LogP contribution in [0.2, 0.25) is 0 Å². The Morgan fingerprint density at radius 3 is 2.62 bits per heavy atom. The first-order valence-electron chi connectivity index (χ1n) is 8.93. The Bertz CT molecular complexity index is 1070. The zero-order valence-electron chi connectivity index (χ0n) is 15.4. The number of halogens is 2. The van der Waals surface area contributed by atoms with Crippen LogP contribution in [0.15, 0.2) is 65.5 Å². The molecule has 1 aliphatic rings. The number of ether oxygens (including phenoxy) is 3. The lowest BCUT2D eigenvalue weighted by atomic mass is 10.1. The number of hydrogen-bond acceptors (Lipinski definition) is 5. The Morgan fingerprint density at radius 2 is 1.90 bits per heavy atom. The second kappa shape index (κ2) is 8.48. The monoisotopic (exact) mass is 416 g/mol. The second-order valence-corrected chi connectivity index (χ2v) is 6.98. The van der Waals surface area contributed by atoms with Crippen molar-refractivity contribution in [1.29, 1.82) is 0 Å². The third-order valence-electron chi connectivity index (χ3n) is 4.24. The molecule has 5 nitrogen and oxygen atoms in total. The van der Waals surface area contributed by atoms with Crippen LogP contribution in [0, 0.1) is 0 Å². The van der Waals surface area contributed by atoms with Gasteiger partial charge in [0.05, 0.1) is 11.4 Å². The molecule has 0 amide bonds. The third-order valence-corrected chi connectivity index (χ3v) is 5.10. The van der Waals surface area contributed by atoms with Gasteiger partial charge in [0, 0.05) is 18.0 Å². The fraction of sp³-hybridized carbons (Fsp3) is 0.190. The molecule has 0 fully saturated rings. The molecule has 4 rings (SSSR count). The molecule has 0 spiro atoms. The van der Waals surface area contributed by atoms with E-state index < -0.39 is 6.61 Å². The molecule has 0 unspecified atom stereocenters. The molecule has 0 atom stereocenters. The Kier molecular flexibility index (Phi) is 5.62. The summed E-state index contributed by atoms with van der Waals surface area (Å²) in [6.07, 6.45) is 1.79. The molecule has 0 aliphatic carbocycles. The van der Waals surface area contributed by atoms with Gasteiger partial charge in [-0.1, -0.05) is 6.08 Å². The maximum Gasteiger partial charge on any atom is 0.387 e. The summed E-state index contributed by atoms with van der Waals surface area (Å²) in [7, 11) is 0. The number of rotatable bonds is 6. The molecule has 0 N–H and O–H groups in total. The van der Waals surface area contributed by atoms with Crippen molar-refractivity contribution in [3.8, 4) is 28.5 Å². The minimum Gasteiger partial charge on any atom is -0.486 e. The summed E-state index contributed by atoms with van der Waals surface area (Å²) in [6, 6.07) is 12.1. The fourth-order valence-corrected chi connectivity index (χ4v) is 3.91. The number of thiazole rings is 1. The zero-order chi connectivity index (χ0) is 20.2. The predicted octanol–water partition coefficient (Wildman–Crippen LogP) is 5.01. The molecule has 1 aliphatic heterocycles. The van der Waals surface area contributed by atoms with Crippen LogP contribution in [0.1, 0.15) is 0 Å². The number of nitrogens with zero attached hydrogens (tertiary/aromatic N) is 2. The van der Waals surface area contributed by atoms with E-state index >= 15 is 0 Å². The van der Waals surface area contributed by atoms with Crippen LogP contribution in [0.25, 0.3) is 11.3 Å². The van der Waals surface area contributed by atoms with Gasteiger partial charge in [-0.25, -0.2) is 4.99 Å². The molecule has 0 saturated heterocycles. The van der Waals surface area contributed by atoms with E-state index in [2.05, 4.69) is 11.3 Å². The van der Waals surface area contributed by atoms with Crippen LogP contribution in [-0.2, 0) is 6.54 Å². The Morgan fingerprint density at radius 1 is 1.14 bits per heavy atom. The van der Waals surface area contributed by atoms with Crippen molar-refractivity contribution >= 4 is 17.0 Å². The summed E-state index contributed by atoms with van der Waals surface area (Å²) in [6.45, 7) is 2.59. The van der Waals surface area contributed by atoms with E-state index in [1.807, 2.05) is 28.1 Å². The van der Waals surface area contributed by atoms with Gasteiger partial charge in [-0.2, -0.15) is 8.78 Å². The van der Waals surface area contributed by atoms with E-state index in [0.29, 0.717) is 31.3 Å². The van der Waals surface area contributed by atoms with Crippen LogP contribution in [-0.4, -0.2) is 24.4 Å². The summed E-state index contributed by atoms with van der Waals surface area (Å²) in [5.74, 6) is 1.52. The van der Waals surface area contributed by atoms with Gasteiger partial charge in [0.1, 0.15) is 19.0 Å². The highest BCUT2D eigenvalue weighted by molar-refractivity contribution is 7.07. The minimum atomic E-state index is -2.84. The largest absolute Gasteiger partial charge is 0.486 e. The van der Waals surface area contributed by atoms with Crippen molar-refractivity contribution in [2.75, 3.05) is 13.2 Å². The van der Waals surface area contributed by atoms with E-state index in [1.54, 1.807) is 18.2 Å². The van der Waals surface area contributed by atoms with Gasteiger partial charge in [0.15, 0.2) is 16.3 Å². The smallest absolute Gasteiger partial charge is 0.387 e. The maximum absolute atomic E-state index is 12.4. The Balaban J connectivity index is 1.69. The molecule has 0 radical (unpaired) electrons. The van der Waals surface area contributed by atoms with Crippen molar-refractivity contribution < 1.29 is 23.0 Å². The van der Waals surface area contributed by atoms with Gasteiger partial charge in [-0.05, 0) is 42.0 Å². The second-order valence-electron chi connectivity index (χ2n) is 6.15. The third kappa shape index (κ3) is 4.32. The topological polar surface area (TPSA) is 45.0 Å². The van der Waals surface area contributed by atoms with Gasteiger partial charge in [0.2, 0.25) is 0 Å². The highest BCUT2D eigenvalue weighted by Crippen LogP contribution is 2.33. The summed E-state index contributed by atoms with van der Waals surface area (Å²) >= 11 is 1.48. The first-order chi connectivity index (χ1) is 14.1. The molecular formula is C21H18F2N2O3S. The molecular weight excluding hydrogens is 398 g/mol. The number of fused-ring (bicyclic) bond motifs is 1. The molecule has 29 heavy (non-hydrogen) atoms. The summed E-state index contributed by atoms with van der Waals surface area (Å²) in [4.78, 5) is 5.53. The Hall–Kier alpha value is -3.13. The van der Waals surface area contributed by atoms with E-state index in [9.17, 15) is 8.78 Å². The minimum absolute atomic E-state index is 0.121. The van der Waals surface area contributed by atoms with Crippen LogP contribution < -0.4 is 19.0 Å². The highest BCUT2D eigenvalue weighted by Gasteiger charge is 2.13. The van der Waals surface area contributed by atoms with Gasteiger partial charge < -0.3 is 18.8 Å². The molecule has 0 saturated carbocycles. The van der Waals surface area contributed by atoms with Gasteiger partial charge in [-0.3, -0.25) is 0 Å². The molecule has 1 aromatic heterocycles. The highest BCUT2D eigenvalue weighted by atomic mass is 32.1.